The van der Waals surface area contributed by atoms with Gasteiger partial charge in [0.15, 0.2) is 0 Å². The number of halogens is 2. The SMILES string of the molecule is Clc1ccc(-c2c[c]ncn2)c(Cl)c1. The van der Waals surface area contributed by atoms with Crippen LogP contribution in [0.4, 0.5) is 0 Å². The van der Waals surface area contributed by atoms with Gasteiger partial charge in [-0.15, -0.1) is 0 Å². The Labute approximate surface area is 91.5 Å². The molecule has 0 saturated heterocycles. The molecular weight excluding hydrogens is 219 g/mol. The molecule has 4 heteroatoms. The predicted molar refractivity (Wildman–Crippen MR) is 56.3 cm³/mol. The number of aromatic nitrogens is 2. The zero-order valence-corrected chi connectivity index (χ0v) is 8.55. The largest absolute Gasteiger partial charge is 0.236 e. The number of hydrogen-bond acceptors (Lipinski definition) is 2. The highest BCUT2D eigenvalue weighted by Crippen LogP contribution is 2.28. The van der Waals surface area contributed by atoms with Crippen LogP contribution < -0.4 is 0 Å². The lowest BCUT2D eigenvalue weighted by atomic mass is 10.1. The van der Waals surface area contributed by atoms with E-state index in [1.807, 2.05) is 6.07 Å². The van der Waals surface area contributed by atoms with Crippen LogP contribution in [-0.4, -0.2) is 9.97 Å². The lowest BCUT2D eigenvalue weighted by Gasteiger charge is -2.02. The second-order valence-corrected chi connectivity index (χ2v) is 3.50. The van der Waals surface area contributed by atoms with E-state index in [0.717, 1.165) is 11.3 Å². The van der Waals surface area contributed by atoms with Gasteiger partial charge < -0.3 is 0 Å². The highest BCUT2D eigenvalue weighted by Gasteiger charge is 2.04. The van der Waals surface area contributed by atoms with Crippen molar-refractivity contribution in [2.24, 2.45) is 0 Å². The van der Waals surface area contributed by atoms with Gasteiger partial charge in [-0.05, 0) is 24.3 Å². The van der Waals surface area contributed by atoms with Gasteiger partial charge in [-0.3, -0.25) is 0 Å². The normalized spacial score (nSPS) is 10.1. The molecule has 0 N–H and O–H groups in total. The Morgan fingerprint density at radius 1 is 1.21 bits per heavy atom. The summed E-state index contributed by atoms with van der Waals surface area (Å²) >= 11 is 11.8. The molecule has 1 radical (unpaired) electrons. The van der Waals surface area contributed by atoms with Crippen LogP contribution in [0, 0.1) is 6.20 Å². The van der Waals surface area contributed by atoms with Gasteiger partial charge in [0.1, 0.15) is 6.33 Å². The van der Waals surface area contributed by atoms with Gasteiger partial charge in [0.2, 0.25) is 0 Å². The van der Waals surface area contributed by atoms with Crippen molar-refractivity contribution in [1.82, 2.24) is 9.97 Å². The molecule has 0 saturated carbocycles. The van der Waals surface area contributed by atoms with Crippen molar-refractivity contribution in [1.29, 1.82) is 0 Å². The Morgan fingerprint density at radius 3 is 2.71 bits per heavy atom. The summed E-state index contributed by atoms with van der Waals surface area (Å²) in [6, 6.07) is 6.95. The number of nitrogens with zero attached hydrogens (tertiary/aromatic N) is 2. The monoisotopic (exact) mass is 223 g/mol. The molecule has 2 aromatic rings. The fraction of sp³-hybridized carbons (Fsp3) is 0. The second kappa shape index (κ2) is 3.95. The summed E-state index contributed by atoms with van der Waals surface area (Å²) in [5.74, 6) is 0. The summed E-state index contributed by atoms with van der Waals surface area (Å²) in [4.78, 5) is 7.78. The van der Waals surface area contributed by atoms with E-state index in [9.17, 15) is 0 Å². The summed E-state index contributed by atoms with van der Waals surface area (Å²) in [5, 5.41) is 1.18. The number of hydrogen-bond donors (Lipinski definition) is 0. The van der Waals surface area contributed by atoms with Crippen LogP contribution >= 0.6 is 23.2 Å². The van der Waals surface area contributed by atoms with Crippen LogP contribution in [0.5, 0.6) is 0 Å². The first kappa shape index (κ1) is 9.44. The molecule has 0 atom stereocenters. The Kier molecular flexibility index (Phi) is 2.66. The summed E-state index contributed by atoms with van der Waals surface area (Å²) in [6.07, 6.45) is 4.13. The molecule has 0 aliphatic carbocycles. The van der Waals surface area contributed by atoms with Gasteiger partial charge in [-0.1, -0.05) is 23.2 Å². The topological polar surface area (TPSA) is 25.8 Å². The van der Waals surface area contributed by atoms with Crippen molar-refractivity contribution >= 4 is 23.2 Å². The lowest BCUT2D eigenvalue weighted by Crippen LogP contribution is -1.85. The Morgan fingerprint density at radius 2 is 2.07 bits per heavy atom. The molecule has 0 spiro atoms. The Balaban J connectivity index is 2.53. The van der Waals surface area contributed by atoms with Crippen molar-refractivity contribution < 1.29 is 0 Å². The van der Waals surface area contributed by atoms with Gasteiger partial charge >= 0.3 is 0 Å². The van der Waals surface area contributed by atoms with Gasteiger partial charge in [-0.25, -0.2) is 9.97 Å². The van der Waals surface area contributed by atoms with Gasteiger partial charge in [0, 0.05) is 10.6 Å². The quantitative estimate of drug-likeness (QED) is 0.742. The Bertz CT molecular complexity index is 443. The summed E-state index contributed by atoms with van der Waals surface area (Å²) in [5.41, 5.74) is 1.57. The maximum atomic E-state index is 6.01. The van der Waals surface area contributed by atoms with Crippen LogP contribution in [0.3, 0.4) is 0 Å². The van der Waals surface area contributed by atoms with E-state index in [0.29, 0.717) is 10.0 Å². The summed E-state index contributed by atoms with van der Waals surface area (Å²) < 4.78 is 0. The molecule has 0 aliphatic rings. The second-order valence-electron chi connectivity index (χ2n) is 2.66. The van der Waals surface area contributed by atoms with Crippen molar-refractivity contribution in [2.45, 2.75) is 0 Å². The Hall–Kier alpha value is -1.12. The molecule has 0 unspecified atom stereocenters. The molecule has 1 aromatic carbocycles. The van der Waals surface area contributed by atoms with E-state index in [1.54, 1.807) is 18.2 Å². The van der Waals surface area contributed by atoms with E-state index >= 15 is 0 Å². The van der Waals surface area contributed by atoms with E-state index in [2.05, 4.69) is 16.2 Å². The molecule has 0 bridgehead atoms. The standard InChI is InChI=1S/C10H5Cl2N2/c11-7-1-2-8(9(12)5-7)10-3-4-13-6-14-10/h1-3,5-6H. The molecule has 0 amide bonds. The lowest BCUT2D eigenvalue weighted by molar-refractivity contribution is 1.16. The molecular formula is C10H5Cl2N2. The smallest absolute Gasteiger partial charge is 0.116 e. The molecule has 0 fully saturated rings. The summed E-state index contributed by atoms with van der Waals surface area (Å²) in [7, 11) is 0. The fourth-order valence-electron chi connectivity index (χ4n) is 1.10. The molecule has 2 rings (SSSR count). The van der Waals surface area contributed by atoms with Crippen molar-refractivity contribution in [3.05, 3.63) is 46.8 Å². The highest BCUT2D eigenvalue weighted by molar-refractivity contribution is 6.36. The maximum Gasteiger partial charge on any atom is 0.116 e. The molecule has 14 heavy (non-hydrogen) atoms. The zero-order chi connectivity index (χ0) is 9.97. The van der Waals surface area contributed by atoms with Crippen LogP contribution in [0.25, 0.3) is 11.3 Å². The van der Waals surface area contributed by atoms with Crippen molar-refractivity contribution in [3.63, 3.8) is 0 Å². The third kappa shape index (κ3) is 1.86. The average molecular weight is 224 g/mol. The van der Waals surface area contributed by atoms with Crippen LogP contribution in [0.1, 0.15) is 0 Å². The fourth-order valence-corrected chi connectivity index (χ4v) is 1.61. The summed E-state index contributed by atoms with van der Waals surface area (Å²) in [6.45, 7) is 0. The first-order valence-electron chi connectivity index (χ1n) is 3.91. The minimum atomic E-state index is 0.574. The van der Waals surface area contributed by atoms with Crippen LogP contribution in [0.2, 0.25) is 10.0 Å². The minimum Gasteiger partial charge on any atom is -0.236 e. The van der Waals surface area contributed by atoms with Crippen molar-refractivity contribution in [3.8, 4) is 11.3 Å². The molecule has 2 nitrogen and oxygen atoms in total. The van der Waals surface area contributed by atoms with Crippen molar-refractivity contribution in [2.75, 3.05) is 0 Å². The average Bonchev–Trinajstić information content (AvgIpc) is 2.19. The van der Waals surface area contributed by atoms with Gasteiger partial charge in [-0.2, -0.15) is 0 Å². The third-order valence-corrected chi connectivity index (χ3v) is 2.29. The van der Waals surface area contributed by atoms with Gasteiger partial charge in [0.25, 0.3) is 0 Å². The van der Waals surface area contributed by atoms with E-state index < -0.39 is 0 Å². The number of benzene rings is 1. The zero-order valence-electron chi connectivity index (χ0n) is 7.04. The van der Waals surface area contributed by atoms with E-state index in [-0.39, 0.29) is 0 Å². The van der Waals surface area contributed by atoms with Gasteiger partial charge in [0.05, 0.1) is 16.9 Å². The molecule has 0 aliphatic heterocycles. The molecule has 69 valence electrons. The third-order valence-electron chi connectivity index (χ3n) is 1.74. The molecule has 1 aromatic heterocycles. The van der Waals surface area contributed by atoms with E-state index in [4.69, 9.17) is 23.2 Å². The van der Waals surface area contributed by atoms with Crippen LogP contribution in [0.15, 0.2) is 30.6 Å². The minimum absolute atomic E-state index is 0.574. The van der Waals surface area contributed by atoms with Crippen LogP contribution in [-0.2, 0) is 0 Å². The highest BCUT2D eigenvalue weighted by atomic mass is 35.5. The predicted octanol–water partition coefficient (Wildman–Crippen LogP) is 3.25. The first-order valence-corrected chi connectivity index (χ1v) is 4.66. The number of rotatable bonds is 1. The maximum absolute atomic E-state index is 6.01. The van der Waals surface area contributed by atoms with E-state index in [1.165, 1.54) is 6.33 Å². The molecule has 1 heterocycles. The first-order chi connectivity index (χ1) is 6.77.